The molecule has 1 aliphatic rings. The number of amides is 2. The quantitative estimate of drug-likeness (QED) is 0.800. The number of carbonyl (C=O) groups is 3. The third kappa shape index (κ3) is 5.94. The molecule has 0 aromatic carbocycles. The molecule has 2 heterocycles. The van der Waals surface area contributed by atoms with Crippen molar-refractivity contribution in [3.8, 4) is 0 Å². The Kier molecular flexibility index (Phi) is 6.99. The number of pyridine rings is 1. The number of carboxylic acids is 1. The lowest BCUT2D eigenvalue weighted by molar-refractivity contribution is -0.148. The number of likely N-dealkylation sites (tertiary alicyclic amines) is 1. The monoisotopic (exact) mass is 391 g/mol. The van der Waals surface area contributed by atoms with Gasteiger partial charge in [-0.1, -0.05) is 0 Å². The summed E-state index contributed by atoms with van der Waals surface area (Å²) in [6, 6.07) is 2.87. The van der Waals surface area contributed by atoms with Crippen LogP contribution >= 0.6 is 0 Å². The largest absolute Gasteiger partial charge is 0.480 e. The Bertz CT molecular complexity index is 729. The van der Waals surface area contributed by atoms with E-state index >= 15 is 0 Å². The van der Waals surface area contributed by atoms with Crippen LogP contribution in [-0.2, 0) is 14.3 Å². The normalized spacial score (nSPS) is 16.7. The molecule has 0 spiro atoms. The van der Waals surface area contributed by atoms with Crippen LogP contribution in [0.3, 0.4) is 0 Å². The van der Waals surface area contributed by atoms with E-state index in [1.165, 1.54) is 9.80 Å². The summed E-state index contributed by atoms with van der Waals surface area (Å²) in [5.41, 5.74) is 0.301. The number of aliphatic carboxylic acids is 1. The van der Waals surface area contributed by atoms with E-state index in [1.807, 2.05) is 13.0 Å². The maximum absolute atomic E-state index is 12.6. The predicted octanol–water partition coefficient (Wildman–Crippen LogP) is 2.99. The lowest BCUT2D eigenvalue weighted by atomic mass is 10.2. The molecule has 0 bridgehead atoms. The molecular formula is C20H29N3O5. The van der Waals surface area contributed by atoms with Gasteiger partial charge < -0.3 is 14.7 Å². The van der Waals surface area contributed by atoms with Gasteiger partial charge in [0, 0.05) is 25.7 Å². The van der Waals surface area contributed by atoms with E-state index in [-0.39, 0.29) is 18.9 Å². The van der Waals surface area contributed by atoms with Gasteiger partial charge in [-0.3, -0.25) is 9.69 Å². The zero-order valence-electron chi connectivity index (χ0n) is 17.0. The van der Waals surface area contributed by atoms with Crippen molar-refractivity contribution < 1.29 is 24.2 Å². The number of hydrogen-bond donors (Lipinski definition) is 1. The summed E-state index contributed by atoms with van der Waals surface area (Å²) < 4.78 is 5.47. The highest BCUT2D eigenvalue weighted by Crippen LogP contribution is 2.21. The maximum Gasteiger partial charge on any atom is 0.416 e. The summed E-state index contributed by atoms with van der Waals surface area (Å²) in [6.45, 7) is 7.98. The molecular weight excluding hydrogens is 362 g/mol. The summed E-state index contributed by atoms with van der Waals surface area (Å²) >= 11 is 0. The van der Waals surface area contributed by atoms with Crippen LogP contribution in [0.1, 0.15) is 52.0 Å². The first-order chi connectivity index (χ1) is 13.1. The van der Waals surface area contributed by atoms with E-state index in [1.54, 1.807) is 33.0 Å². The minimum Gasteiger partial charge on any atom is -0.480 e. The number of carbonyl (C=O) groups excluding carboxylic acids is 2. The van der Waals surface area contributed by atoms with Crippen molar-refractivity contribution in [2.75, 3.05) is 18.0 Å². The van der Waals surface area contributed by atoms with Gasteiger partial charge in [0.2, 0.25) is 5.91 Å². The number of carboxylic acid groups (broad SMARTS) is 1. The van der Waals surface area contributed by atoms with Crippen LogP contribution in [0.25, 0.3) is 0 Å². The first-order valence-corrected chi connectivity index (χ1v) is 9.54. The van der Waals surface area contributed by atoms with Crippen LogP contribution in [0, 0.1) is 6.92 Å². The molecule has 1 aromatic rings. The minimum absolute atomic E-state index is 0.162. The lowest BCUT2D eigenvalue weighted by Gasteiger charge is -2.27. The van der Waals surface area contributed by atoms with Crippen molar-refractivity contribution >= 4 is 23.8 Å². The molecule has 0 unspecified atom stereocenters. The molecule has 1 aliphatic heterocycles. The summed E-state index contributed by atoms with van der Waals surface area (Å²) in [5.74, 6) is -0.706. The van der Waals surface area contributed by atoms with Crippen molar-refractivity contribution in [3.63, 3.8) is 0 Å². The van der Waals surface area contributed by atoms with E-state index in [4.69, 9.17) is 4.74 Å². The van der Waals surface area contributed by atoms with Crippen LogP contribution in [-0.4, -0.2) is 57.7 Å². The molecule has 28 heavy (non-hydrogen) atoms. The van der Waals surface area contributed by atoms with Crippen LogP contribution in [0.15, 0.2) is 18.3 Å². The topological polar surface area (TPSA) is 100 Å². The third-order valence-corrected chi connectivity index (χ3v) is 4.42. The molecule has 2 rings (SSSR count). The number of aromatic nitrogens is 1. The second-order valence-electron chi connectivity index (χ2n) is 8.01. The Morgan fingerprint density at radius 3 is 2.68 bits per heavy atom. The van der Waals surface area contributed by atoms with Gasteiger partial charge in [0.1, 0.15) is 17.5 Å². The number of hydrogen-bond acceptors (Lipinski definition) is 5. The summed E-state index contributed by atoms with van der Waals surface area (Å²) in [5, 5.41) is 9.23. The van der Waals surface area contributed by atoms with Crippen molar-refractivity contribution in [2.45, 2.75) is 65.0 Å². The minimum atomic E-state index is -0.967. The fourth-order valence-corrected chi connectivity index (χ4v) is 3.14. The van der Waals surface area contributed by atoms with Crippen LogP contribution in [0.2, 0.25) is 0 Å². The highest BCUT2D eigenvalue weighted by atomic mass is 16.6. The first kappa shape index (κ1) is 21.7. The maximum atomic E-state index is 12.6. The molecule has 8 nitrogen and oxygen atoms in total. The fourth-order valence-electron chi connectivity index (χ4n) is 3.14. The smallest absolute Gasteiger partial charge is 0.416 e. The standard InChI is InChI=1S/C20H29N3O5/c1-14-9-10-21-16(13-14)23(19(27)28-20(2,3)4)12-6-8-17(24)22-11-5-7-15(22)18(25)26/h9-10,13,15H,5-8,11-12H2,1-4H3,(H,25,26)/t15-/m0/s1. The average Bonchev–Trinajstić information content (AvgIpc) is 3.07. The molecule has 1 aromatic heterocycles. The predicted molar refractivity (Wildman–Crippen MR) is 104 cm³/mol. The van der Waals surface area contributed by atoms with Crippen molar-refractivity contribution in [2.24, 2.45) is 0 Å². The molecule has 0 aliphatic carbocycles. The molecule has 8 heteroatoms. The number of ether oxygens (including phenoxy) is 1. The van der Waals surface area contributed by atoms with Gasteiger partial charge in [0.25, 0.3) is 0 Å². The molecule has 0 saturated carbocycles. The highest BCUT2D eigenvalue weighted by molar-refractivity contribution is 5.87. The molecule has 1 fully saturated rings. The van der Waals surface area contributed by atoms with E-state index in [0.29, 0.717) is 31.6 Å². The lowest BCUT2D eigenvalue weighted by Crippen LogP contribution is -2.41. The van der Waals surface area contributed by atoms with E-state index in [2.05, 4.69) is 4.98 Å². The first-order valence-electron chi connectivity index (χ1n) is 9.54. The average molecular weight is 391 g/mol. The second kappa shape index (κ2) is 9.03. The van der Waals surface area contributed by atoms with Gasteiger partial charge in [-0.25, -0.2) is 14.6 Å². The zero-order valence-corrected chi connectivity index (χ0v) is 17.0. The van der Waals surface area contributed by atoms with Gasteiger partial charge in [-0.2, -0.15) is 0 Å². The molecule has 2 amide bonds. The Morgan fingerprint density at radius 1 is 1.36 bits per heavy atom. The van der Waals surface area contributed by atoms with Crippen molar-refractivity contribution in [3.05, 3.63) is 23.9 Å². The zero-order chi connectivity index (χ0) is 20.9. The van der Waals surface area contributed by atoms with Gasteiger partial charge in [0.05, 0.1) is 0 Å². The Labute approximate surface area is 165 Å². The number of aryl methyl sites for hydroxylation is 1. The number of rotatable bonds is 6. The molecule has 1 N–H and O–H groups in total. The van der Waals surface area contributed by atoms with E-state index in [9.17, 15) is 19.5 Å². The molecule has 1 saturated heterocycles. The summed E-state index contributed by atoms with van der Waals surface area (Å²) in [6.07, 6.45) is 2.82. The summed E-state index contributed by atoms with van der Waals surface area (Å²) in [7, 11) is 0. The van der Waals surface area contributed by atoms with Crippen molar-refractivity contribution in [1.29, 1.82) is 0 Å². The number of anilines is 1. The molecule has 1 atom stereocenters. The van der Waals surface area contributed by atoms with Crippen molar-refractivity contribution in [1.82, 2.24) is 9.88 Å². The Hall–Kier alpha value is -2.64. The fraction of sp³-hybridized carbons (Fsp3) is 0.600. The van der Waals surface area contributed by atoms with Gasteiger partial charge >= 0.3 is 12.1 Å². The molecule has 154 valence electrons. The van der Waals surface area contributed by atoms with Gasteiger partial charge in [-0.05, 0) is 64.7 Å². The van der Waals surface area contributed by atoms with Crippen LogP contribution in [0.5, 0.6) is 0 Å². The van der Waals surface area contributed by atoms with Crippen LogP contribution in [0.4, 0.5) is 10.6 Å². The SMILES string of the molecule is Cc1ccnc(N(CCCC(=O)N2CCC[C@H]2C(=O)O)C(=O)OC(C)(C)C)c1. The highest BCUT2D eigenvalue weighted by Gasteiger charge is 2.33. The third-order valence-electron chi connectivity index (χ3n) is 4.42. The van der Waals surface area contributed by atoms with Gasteiger partial charge in [-0.15, -0.1) is 0 Å². The van der Waals surface area contributed by atoms with Crippen LogP contribution < -0.4 is 4.90 Å². The van der Waals surface area contributed by atoms with E-state index in [0.717, 1.165) is 5.56 Å². The molecule has 0 radical (unpaired) electrons. The Morgan fingerprint density at radius 2 is 2.07 bits per heavy atom. The second-order valence-corrected chi connectivity index (χ2v) is 8.01. The Balaban J connectivity index is 2.03. The van der Waals surface area contributed by atoms with Gasteiger partial charge in [0.15, 0.2) is 0 Å². The summed E-state index contributed by atoms with van der Waals surface area (Å²) in [4.78, 5) is 43.4. The van der Waals surface area contributed by atoms with E-state index < -0.39 is 23.7 Å². The number of nitrogens with zero attached hydrogens (tertiary/aromatic N) is 3.